The second-order valence-corrected chi connectivity index (χ2v) is 8.20. The molecule has 0 amide bonds. The molecule has 4 aromatic rings. The van der Waals surface area contributed by atoms with Crippen LogP contribution in [-0.4, -0.2) is 26.3 Å². The van der Waals surface area contributed by atoms with Crippen LogP contribution in [0.5, 0.6) is 23.0 Å². The van der Waals surface area contributed by atoms with Crippen molar-refractivity contribution in [2.24, 2.45) is 0 Å². The van der Waals surface area contributed by atoms with E-state index in [9.17, 15) is 31.5 Å². The van der Waals surface area contributed by atoms with E-state index in [-0.39, 0.29) is 16.9 Å². The van der Waals surface area contributed by atoms with Gasteiger partial charge >= 0.3 is 11.6 Å². The Kier molecular flexibility index (Phi) is 7.48. The van der Waals surface area contributed by atoms with Crippen LogP contribution in [0.25, 0.3) is 22.1 Å². The zero-order valence-electron chi connectivity index (χ0n) is 20.8. The summed E-state index contributed by atoms with van der Waals surface area (Å²) >= 11 is 0. The molecule has 39 heavy (non-hydrogen) atoms. The number of ether oxygens (including phenoxy) is 4. The Balaban J connectivity index is 1.65. The van der Waals surface area contributed by atoms with Gasteiger partial charge in [-0.05, 0) is 55.3 Å². The molecular formula is C27H19F5O7. The standard InChI is InChI=1S/C27H19F5O7/c1-11-15-10-14(38-26(33)12(2)37-25-23(31)21(29)20(28)22(30)24(25)32)6-8-16(15)39-27(34)19(11)13-5-7-17(35-3)18(9-13)36-4/h5-10,12H,1-4H3. The molecule has 1 unspecified atom stereocenters. The van der Waals surface area contributed by atoms with Gasteiger partial charge in [0.25, 0.3) is 0 Å². The third-order valence-electron chi connectivity index (χ3n) is 5.82. The Morgan fingerprint density at radius 3 is 2.08 bits per heavy atom. The first-order chi connectivity index (χ1) is 18.5. The molecule has 1 heterocycles. The minimum atomic E-state index is -2.36. The predicted octanol–water partition coefficient (Wildman–Crippen LogP) is 5.85. The molecule has 0 saturated heterocycles. The highest BCUT2D eigenvalue weighted by Crippen LogP contribution is 2.35. The second kappa shape index (κ2) is 10.6. The third kappa shape index (κ3) is 4.97. The summed E-state index contributed by atoms with van der Waals surface area (Å²) in [5.41, 5.74) is 0.675. The molecule has 0 N–H and O–H groups in total. The van der Waals surface area contributed by atoms with Crippen LogP contribution < -0.4 is 24.6 Å². The molecule has 0 saturated carbocycles. The summed E-state index contributed by atoms with van der Waals surface area (Å²) in [5.74, 6) is -13.3. The summed E-state index contributed by atoms with van der Waals surface area (Å²) in [6.07, 6.45) is -1.77. The van der Waals surface area contributed by atoms with Gasteiger partial charge in [-0.1, -0.05) is 6.07 Å². The maximum atomic E-state index is 13.9. The molecule has 0 radical (unpaired) electrons. The first kappa shape index (κ1) is 27.4. The Hall–Kier alpha value is -4.61. The van der Waals surface area contributed by atoms with Crippen molar-refractivity contribution < 1.29 is 50.1 Å². The first-order valence-electron chi connectivity index (χ1n) is 11.2. The van der Waals surface area contributed by atoms with E-state index < -0.39 is 52.5 Å². The number of hydrogen-bond donors (Lipinski definition) is 0. The summed E-state index contributed by atoms with van der Waals surface area (Å²) in [5, 5.41) is 0.387. The molecule has 0 aliphatic rings. The smallest absolute Gasteiger partial charge is 0.352 e. The molecule has 0 aliphatic heterocycles. The van der Waals surface area contributed by atoms with Gasteiger partial charge in [0.1, 0.15) is 11.3 Å². The highest BCUT2D eigenvalue weighted by molar-refractivity contribution is 5.88. The van der Waals surface area contributed by atoms with Crippen molar-refractivity contribution in [2.75, 3.05) is 14.2 Å². The van der Waals surface area contributed by atoms with Gasteiger partial charge in [-0.25, -0.2) is 22.8 Å². The van der Waals surface area contributed by atoms with Crippen molar-refractivity contribution in [1.29, 1.82) is 0 Å². The van der Waals surface area contributed by atoms with Gasteiger partial charge in [-0.15, -0.1) is 0 Å². The van der Waals surface area contributed by atoms with E-state index in [0.717, 1.165) is 6.92 Å². The predicted molar refractivity (Wildman–Crippen MR) is 128 cm³/mol. The Bertz CT molecular complexity index is 1640. The lowest BCUT2D eigenvalue weighted by atomic mass is 9.99. The fourth-order valence-electron chi connectivity index (χ4n) is 3.83. The van der Waals surface area contributed by atoms with Crippen LogP contribution in [0, 0.1) is 36.0 Å². The number of rotatable bonds is 7. The van der Waals surface area contributed by atoms with E-state index in [1.54, 1.807) is 25.1 Å². The fraction of sp³-hybridized carbons (Fsp3) is 0.185. The highest BCUT2D eigenvalue weighted by atomic mass is 19.2. The number of carbonyl (C=O) groups is 1. The van der Waals surface area contributed by atoms with E-state index in [4.69, 9.17) is 23.4 Å². The average Bonchev–Trinajstić information content (AvgIpc) is 2.93. The number of hydrogen-bond acceptors (Lipinski definition) is 7. The van der Waals surface area contributed by atoms with Gasteiger partial charge in [0.05, 0.1) is 19.8 Å². The van der Waals surface area contributed by atoms with Gasteiger partial charge in [0.2, 0.25) is 29.1 Å². The fourth-order valence-corrected chi connectivity index (χ4v) is 3.83. The summed E-state index contributed by atoms with van der Waals surface area (Å²) < 4.78 is 93.9. The maximum absolute atomic E-state index is 13.9. The highest BCUT2D eigenvalue weighted by Gasteiger charge is 2.30. The van der Waals surface area contributed by atoms with Crippen LogP contribution >= 0.6 is 0 Å². The van der Waals surface area contributed by atoms with Crippen molar-refractivity contribution in [3.05, 3.63) is 81.5 Å². The van der Waals surface area contributed by atoms with Crippen LogP contribution in [0.2, 0.25) is 0 Å². The molecule has 0 bridgehead atoms. The third-order valence-corrected chi connectivity index (χ3v) is 5.82. The number of halogens is 5. The minimum absolute atomic E-state index is 0.0735. The number of fused-ring (bicyclic) bond motifs is 1. The molecule has 3 aromatic carbocycles. The van der Waals surface area contributed by atoms with Crippen LogP contribution in [0.1, 0.15) is 12.5 Å². The van der Waals surface area contributed by atoms with E-state index >= 15 is 0 Å². The lowest BCUT2D eigenvalue weighted by Crippen LogP contribution is -2.29. The monoisotopic (exact) mass is 550 g/mol. The molecule has 1 aromatic heterocycles. The summed E-state index contributed by atoms with van der Waals surface area (Å²) in [6, 6.07) is 8.85. The van der Waals surface area contributed by atoms with E-state index in [2.05, 4.69) is 0 Å². The van der Waals surface area contributed by atoms with Gasteiger partial charge in [-0.2, -0.15) is 8.78 Å². The number of esters is 1. The van der Waals surface area contributed by atoms with Crippen molar-refractivity contribution in [2.45, 2.75) is 20.0 Å². The topological polar surface area (TPSA) is 84.2 Å². The lowest BCUT2D eigenvalue weighted by molar-refractivity contribution is -0.141. The minimum Gasteiger partial charge on any atom is -0.493 e. The zero-order chi connectivity index (χ0) is 28.6. The maximum Gasteiger partial charge on any atom is 0.352 e. The van der Waals surface area contributed by atoms with E-state index in [1.165, 1.54) is 32.4 Å². The Morgan fingerprint density at radius 1 is 0.846 bits per heavy atom. The van der Waals surface area contributed by atoms with Gasteiger partial charge in [0, 0.05) is 5.39 Å². The van der Waals surface area contributed by atoms with E-state index in [1.807, 2.05) is 0 Å². The normalized spacial score (nSPS) is 11.8. The molecule has 4 rings (SSSR count). The van der Waals surface area contributed by atoms with Crippen molar-refractivity contribution in [3.63, 3.8) is 0 Å². The van der Waals surface area contributed by atoms with Crippen LogP contribution in [-0.2, 0) is 4.79 Å². The Morgan fingerprint density at radius 2 is 1.46 bits per heavy atom. The average molecular weight is 550 g/mol. The molecule has 12 heteroatoms. The van der Waals surface area contributed by atoms with Crippen molar-refractivity contribution >= 4 is 16.9 Å². The molecule has 0 aliphatic carbocycles. The first-order valence-corrected chi connectivity index (χ1v) is 11.2. The summed E-state index contributed by atoms with van der Waals surface area (Å²) in [7, 11) is 2.90. The van der Waals surface area contributed by atoms with Crippen LogP contribution in [0.3, 0.4) is 0 Å². The van der Waals surface area contributed by atoms with Crippen LogP contribution in [0.15, 0.2) is 45.6 Å². The summed E-state index contributed by atoms with van der Waals surface area (Å²) in [4.78, 5) is 25.3. The molecule has 7 nitrogen and oxygen atoms in total. The number of carbonyl (C=O) groups excluding carboxylic acids is 1. The zero-order valence-corrected chi connectivity index (χ0v) is 20.8. The van der Waals surface area contributed by atoms with Gasteiger partial charge in [0.15, 0.2) is 23.4 Å². The molecular weight excluding hydrogens is 531 g/mol. The summed E-state index contributed by atoms with van der Waals surface area (Å²) in [6.45, 7) is 2.65. The number of benzene rings is 3. The quantitative estimate of drug-likeness (QED) is 0.0713. The largest absolute Gasteiger partial charge is 0.493 e. The molecule has 0 fully saturated rings. The van der Waals surface area contributed by atoms with Crippen LogP contribution in [0.4, 0.5) is 22.0 Å². The lowest BCUT2D eigenvalue weighted by Gasteiger charge is -2.16. The number of aryl methyl sites for hydroxylation is 1. The molecule has 1 atom stereocenters. The van der Waals surface area contributed by atoms with E-state index in [0.29, 0.717) is 28.0 Å². The molecule has 0 spiro atoms. The van der Waals surface area contributed by atoms with Gasteiger partial charge in [-0.3, -0.25) is 0 Å². The molecule has 204 valence electrons. The Labute approximate surface area is 217 Å². The number of methoxy groups -OCH3 is 2. The van der Waals surface area contributed by atoms with Crippen molar-refractivity contribution in [3.8, 4) is 34.1 Å². The second-order valence-electron chi connectivity index (χ2n) is 8.20. The van der Waals surface area contributed by atoms with Crippen molar-refractivity contribution in [1.82, 2.24) is 0 Å². The van der Waals surface area contributed by atoms with Gasteiger partial charge < -0.3 is 23.4 Å². The SMILES string of the molecule is COc1ccc(-c2c(C)c3cc(OC(=O)C(C)Oc4c(F)c(F)c(F)c(F)c4F)ccc3oc2=O)cc1OC.